The van der Waals surface area contributed by atoms with Gasteiger partial charge in [0.05, 0.1) is 16.7 Å². The van der Waals surface area contributed by atoms with Crippen molar-refractivity contribution in [1.82, 2.24) is 4.98 Å². The summed E-state index contributed by atoms with van der Waals surface area (Å²) in [4.78, 5) is 8.51. The quantitative estimate of drug-likeness (QED) is 0.908. The summed E-state index contributed by atoms with van der Waals surface area (Å²) in [6, 6.07) is 0.746. The van der Waals surface area contributed by atoms with Crippen molar-refractivity contribution >= 4 is 16.5 Å². The molecule has 1 N–H and O–H groups in total. The van der Waals surface area contributed by atoms with Crippen molar-refractivity contribution in [2.45, 2.75) is 57.1 Å². The number of fused-ring (bicyclic) bond motifs is 1. The van der Waals surface area contributed by atoms with E-state index in [2.05, 4.69) is 4.90 Å². The highest BCUT2D eigenvalue weighted by molar-refractivity contribution is 7.15. The lowest BCUT2D eigenvalue weighted by Gasteiger charge is -2.21. The number of rotatable bonds is 4. The zero-order valence-electron chi connectivity index (χ0n) is 10.6. The molecule has 98 valence electrons. The monoisotopic (exact) mass is 264 g/mol. The molecular formula is C14H20N2OS. The molecule has 0 bridgehead atoms. The molecule has 4 heteroatoms. The molecule has 1 heterocycles. The minimum atomic E-state index is -0.248. The van der Waals surface area contributed by atoms with Gasteiger partial charge in [0.25, 0.3) is 0 Å². The van der Waals surface area contributed by atoms with Gasteiger partial charge in [0, 0.05) is 12.6 Å². The maximum atomic E-state index is 10.1. The van der Waals surface area contributed by atoms with E-state index in [9.17, 15) is 5.11 Å². The maximum Gasteiger partial charge on any atom is 0.186 e. The molecule has 4 rings (SSSR count). The van der Waals surface area contributed by atoms with Crippen LogP contribution in [0.25, 0.3) is 0 Å². The normalized spacial score (nSPS) is 27.1. The lowest BCUT2D eigenvalue weighted by molar-refractivity contribution is 0.160. The number of aliphatic hydroxyl groups excluding tert-OH is 1. The average Bonchev–Trinajstić information content (AvgIpc) is 3.25. The van der Waals surface area contributed by atoms with E-state index in [1.807, 2.05) is 0 Å². The Bertz CT molecular complexity index is 451. The molecule has 0 aliphatic heterocycles. The van der Waals surface area contributed by atoms with Crippen LogP contribution >= 0.6 is 11.3 Å². The van der Waals surface area contributed by atoms with Crippen molar-refractivity contribution in [2.24, 2.45) is 5.92 Å². The molecular weight excluding hydrogens is 244 g/mol. The van der Waals surface area contributed by atoms with Gasteiger partial charge in [0.2, 0.25) is 0 Å². The Morgan fingerprint density at radius 1 is 1.22 bits per heavy atom. The highest BCUT2D eigenvalue weighted by atomic mass is 32.1. The molecule has 18 heavy (non-hydrogen) atoms. The fourth-order valence-electron chi connectivity index (χ4n) is 2.86. The Hall–Kier alpha value is -0.610. The molecule has 2 fully saturated rings. The summed E-state index contributed by atoms with van der Waals surface area (Å²) in [5.74, 6) is 0.913. The highest BCUT2D eigenvalue weighted by Crippen LogP contribution is 2.42. The van der Waals surface area contributed by atoms with E-state index in [1.54, 1.807) is 11.3 Å². The number of hydrogen-bond acceptors (Lipinski definition) is 4. The highest BCUT2D eigenvalue weighted by Gasteiger charge is 2.36. The summed E-state index contributed by atoms with van der Waals surface area (Å²) in [6.07, 6.45) is 8.28. The summed E-state index contributed by atoms with van der Waals surface area (Å²) in [7, 11) is 0. The topological polar surface area (TPSA) is 36.4 Å². The fourth-order valence-corrected chi connectivity index (χ4v) is 4.07. The third-order valence-corrected chi connectivity index (χ3v) is 5.53. The zero-order valence-corrected chi connectivity index (χ0v) is 11.5. The Kier molecular flexibility index (Phi) is 2.62. The Balaban J connectivity index is 1.61. The maximum absolute atomic E-state index is 10.1. The number of anilines is 1. The lowest BCUT2D eigenvalue weighted by atomic mass is 10.0. The van der Waals surface area contributed by atoms with Gasteiger partial charge >= 0.3 is 0 Å². The molecule has 0 amide bonds. The van der Waals surface area contributed by atoms with Crippen LogP contribution in [0.4, 0.5) is 5.13 Å². The fraction of sp³-hybridized carbons (Fsp3) is 0.786. The SMILES string of the molecule is OC1CCCc2nc(N(CC3CC3)C3CC3)sc21. The molecule has 1 aromatic rings. The molecule has 2 saturated carbocycles. The average molecular weight is 264 g/mol. The van der Waals surface area contributed by atoms with Crippen molar-refractivity contribution in [3.63, 3.8) is 0 Å². The Morgan fingerprint density at radius 2 is 2.06 bits per heavy atom. The molecule has 1 atom stereocenters. The van der Waals surface area contributed by atoms with Crippen LogP contribution in [0, 0.1) is 5.92 Å². The third-order valence-electron chi connectivity index (χ3n) is 4.30. The molecule has 3 nitrogen and oxygen atoms in total. The predicted molar refractivity (Wildman–Crippen MR) is 73.1 cm³/mol. The smallest absolute Gasteiger partial charge is 0.186 e. The van der Waals surface area contributed by atoms with E-state index in [1.165, 1.54) is 43.1 Å². The standard InChI is InChI=1S/C14H20N2OS/c17-12-3-1-2-11-13(12)18-14(15-11)16(10-6-7-10)8-9-4-5-9/h9-10,12,17H,1-8H2. The van der Waals surface area contributed by atoms with Gasteiger partial charge in [-0.15, -0.1) is 0 Å². The van der Waals surface area contributed by atoms with E-state index < -0.39 is 0 Å². The molecule has 0 radical (unpaired) electrons. The number of thiazole rings is 1. The molecule has 3 aliphatic rings. The first-order valence-electron chi connectivity index (χ1n) is 7.25. The number of hydrogen-bond donors (Lipinski definition) is 1. The van der Waals surface area contributed by atoms with Crippen LogP contribution in [0.3, 0.4) is 0 Å². The summed E-state index contributed by atoms with van der Waals surface area (Å²) >= 11 is 1.75. The van der Waals surface area contributed by atoms with Gasteiger partial charge in [-0.1, -0.05) is 11.3 Å². The molecule has 0 aromatic carbocycles. The number of aryl methyl sites for hydroxylation is 1. The molecule has 3 aliphatic carbocycles. The summed E-state index contributed by atoms with van der Waals surface area (Å²) in [6.45, 7) is 1.20. The van der Waals surface area contributed by atoms with Gasteiger partial charge in [-0.25, -0.2) is 4.98 Å². The van der Waals surface area contributed by atoms with E-state index >= 15 is 0 Å². The lowest BCUT2D eigenvalue weighted by Crippen LogP contribution is -2.27. The second-order valence-electron chi connectivity index (χ2n) is 6.04. The first-order chi connectivity index (χ1) is 8.81. The Labute approximate surface area is 112 Å². The van der Waals surface area contributed by atoms with Crippen LogP contribution in [0.1, 0.15) is 55.2 Å². The van der Waals surface area contributed by atoms with E-state index in [0.717, 1.165) is 36.1 Å². The van der Waals surface area contributed by atoms with Crippen LogP contribution < -0.4 is 4.90 Å². The van der Waals surface area contributed by atoms with E-state index in [4.69, 9.17) is 4.98 Å². The third kappa shape index (κ3) is 2.05. The minimum absolute atomic E-state index is 0.248. The van der Waals surface area contributed by atoms with Gasteiger partial charge in [0.15, 0.2) is 5.13 Å². The van der Waals surface area contributed by atoms with Crippen LogP contribution in [0.5, 0.6) is 0 Å². The van der Waals surface area contributed by atoms with Crippen molar-refractivity contribution in [2.75, 3.05) is 11.4 Å². The minimum Gasteiger partial charge on any atom is -0.388 e. The van der Waals surface area contributed by atoms with Gasteiger partial charge in [0.1, 0.15) is 0 Å². The van der Waals surface area contributed by atoms with Crippen molar-refractivity contribution in [3.8, 4) is 0 Å². The van der Waals surface area contributed by atoms with E-state index in [-0.39, 0.29) is 6.10 Å². The summed E-state index contributed by atoms with van der Waals surface area (Å²) in [5.41, 5.74) is 1.18. The van der Waals surface area contributed by atoms with Crippen molar-refractivity contribution in [3.05, 3.63) is 10.6 Å². The Morgan fingerprint density at radius 3 is 2.72 bits per heavy atom. The van der Waals surface area contributed by atoms with Gasteiger partial charge in [-0.2, -0.15) is 0 Å². The van der Waals surface area contributed by atoms with Crippen molar-refractivity contribution in [1.29, 1.82) is 0 Å². The van der Waals surface area contributed by atoms with Crippen LogP contribution in [-0.2, 0) is 6.42 Å². The van der Waals surface area contributed by atoms with Crippen LogP contribution in [-0.4, -0.2) is 22.7 Å². The second-order valence-corrected chi connectivity index (χ2v) is 7.05. The predicted octanol–water partition coefficient (Wildman–Crippen LogP) is 2.89. The molecule has 1 aromatic heterocycles. The largest absolute Gasteiger partial charge is 0.388 e. The number of aromatic nitrogens is 1. The van der Waals surface area contributed by atoms with Gasteiger partial charge < -0.3 is 10.0 Å². The summed E-state index contributed by atoms with van der Waals surface area (Å²) < 4.78 is 0. The van der Waals surface area contributed by atoms with E-state index in [0.29, 0.717) is 0 Å². The molecule has 0 saturated heterocycles. The first kappa shape index (κ1) is 11.2. The molecule has 1 unspecified atom stereocenters. The first-order valence-corrected chi connectivity index (χ1v) is 8.07. The van der Waals surface area contributed by atoms with Crippen molar-refractivity contribution < 1.29 is 5.11 Å². The van der Waals surface area contributed by atoms with Gasteiger partial charge in [-0.3, -0.25) is 0 Å². The number of nitrogens with zero attached hydrogens (tertiary/aromatic N) is 2. The van der Waals surface area contributed by atoms with Gasteiger partial charge in [-0.05, 0) is 50.9 Å². The molecule has 0 spiro atoms. The summed E-state index contributed by atoms with van der Waals surface area (Å²) in [5, 5.41) is 11.2. The van der Waals surface area contributed by atoms with Crippen LogP contribution in [0.15, 0.2) is 0 Å². The second kappa shape index (κ2) is 4.20. The number of aliphatic hydroxyl groups is 1. The zero-order chi connectivity index (χ0) is 12.1. The van der Waals surface area contributed by atoms with Crippen LogP contribution in [0.2, 0.25) is 0 Å².